The molecule has 0 aromatic rings. The Morgan fingerprint density at radius 3 is 2.62 bits per heavy atom. The molecule has 3 aliphatic rings. The summed E-state index contributed by atoms with van der Waals surface area (Å²) in [5.74, 6) is 0.131. The molecule has 0 aromatic carbocycles. The SMILES string of the molecule is CC(C)=CC[C@H]1O[C@]1(C)C1C[C@H](OC(=O)CNC(C)(C)C)CC[C@]12CO2. The Balaban J connectivity index is 1.57. The van der Waals surface area contributed by atoms with Crippen molar-refractivity contribution in [1.82, 2.24) is 5.32 Å². The molecule has 1 N–H and O–H groups in total. The van der Waals surface area contributed by atoms with Crippen LogP contribution < -0.4 is 5.32 Å². The number of hydrogen-bond donors (Lipinski definition) is 1. The molecule has 5 atom stereocenters. The number of nitrogens with one attached hydrogen (secondary N) is 1. The van der Waals surface area contributed by atoms with Crippen molar-refractivity contribution < 1.29 is 19.0 Å². The number of epoxide rings is 2. The van der Waals surface area contributed by atoms with Crippen LogP contribution >= 0.6 is 0 Å². The predicted octanol–water partition coefficient (Wildman–Crippen LogP) is 3.37. The first kappa shape index (κ1) is 19.8. The van der Waals surface area contributed by atoms with Gasteiger partial charge in [0, 0.05) is 11.5 Å². The van der Waals surface area contributed by atoms with Crippen LogP contribution in [0.1, 0.15) is 67.2 Å². The third-order valence-electron chi connectivity index (χ3n) is 6.01. The molecule has 0 amide bonds. The van der Waals surface area contributed by atoms with Gasteiger partial charge in [-0.25, -0.2) is 0 Å². The molecular weight excluding hydrogens is 330 g/mol. The van der Waals surface area contributed by atoms with Gasteiger partial charge in [-0.1, -0.05) is 11.6 Å². The largest absolute Gasteiger partial charge is 0.461 e. The molecule has 1 spiro atoms. The van der Waals surface area contributed by atoms with Crippen LogP contribution in [0, 0.1) is 5.92 Å². The van der Waals surface area contributed by atoms with E-state index in [0.717, 1.165) is 32.3 Å². The van der Waals surface area contributed by atoms with Gasteiger partial charge in [-0.05, 0) is 67.2 Å². The summed E-state index contributed by atoms with van der Waals surface area (Å²) in [7, 11) is 0. The lowest BCUT2D eigenvalue weighted by atomic mass is 9.70. The Labute approximate surface area is 157 Å². The Morgan fingerprint density at radius 2 is 2.04 bits per heavy atom. The normalized spacial score (nSPS) is 38.8. The Kier molecular flexibility index (Phi) is 5.28. The lowest BCUT2D eigenvalue weighted by Crippen LogP contribution is -2.46. The maximum Gasteiger partial charge on any atom is 0.320 e. The molecule has 1 unspecified atom stereocenters. The lowest BCUT2D eigenvalue weighted by Gasteiger charge is -2.36. The number of carbonyl (C=O) groups is 1. The molecule has 2 saturated heterocycles. The van der Waals surface area contributed by atoms with Crippen molar-refractivity contribution in [2.24, 2.45) is 5.92 Å². The summed E-state index contributed by atoms with van der Waals surface area (Å²) >= 11 is 0. The van der Waals surface area contributed by atoms with Crippen LogP contribution in [0.2, 0.25) is 0 Å². The fourth-order valence-corrected chi connectivity index (χ4v) is 4.25. The highest BCUT2D eigenvalue weighted by atomic mass is 16.6. The molecule has 0 aromatic heterocycles. The number of rotatable bonds is 6. The van der Waals surface area contributed by atoms with E-state index in [4.69, 9.17) is 14.2 Å². The van der Waals surface area contributed by atoms with Gasteiger partial charge in [-0.15, -0.1) is 0 Å². The average molecular weight is 366 g/mol. The molecule has 5 nitrogen and oxygen atoms in total. The van der Waals surface area contributed by atoms with Crippen LogP contribution in [0.5, 0.6) is 0 Å². The summed E-state index contributed by atoms with van der Waals surface area (Å²) in [6.07, 6.45) is 6.08. The highest BCUT2D eigenvalue weighted by Crippen LogP contribution is 2.59. The molecule has 148 valence electrons. The summed E-state index contributed by atoms with van der Waals surface area (Å²) in [6.45, 7) is 13.6. The molecule has 2 aliphatic heterocycles. The van der Waals surface area contributed by atoms with Gasteiger partial charge in [-0.2, -0.15) is 0 Å². The van der Waals surface area contributed by atoms with Crippen LogP contribution in [-0.4, -0.2) is 48.1 Å². The van der Waals surface area contributed by atoms with E-state index in [9.17, 15) is 4.79 Å². The van der Waals surface area contributed by atoms with E-state index >= 15 is 0 Å². The molecule has 1 aliphatic carbocycles. The summed E-state index contributed by atoms with van der Waals surface area (Å²) in [5.41, 5.74) is 1.04. The van der Waals surface area contributed by atoms with Gasteiger partial charge >= 0.3 is 5.97 Å². The first-order valence-electron chi connectivity index (χ1n) is 9.94. The molecule has 26 heavy (non-hydrogen) atoms. The minimum Gasteiger partial charge on any atom is -0.461 e. The van der Waals surface area contributed by atoms with Crippen LogP contribution in [0.4, 0.5) is 0 Å². The average Bonchev–Trinajstić information content (AvgIpc) is 3.43. The maximum absolute atomic E-state index is 12.2. The van der Waals surface area contributed by atoms with E-state index in [1.54, 1.807) is 0 Å². The van der Waals surface area contributed by atoms with E-state index in [2.05, 4.69) is 32.2 Å². The van der Waals surface area contributed by atoms with Gasteiger partial charge in [0.05, 0.1) is 30.5 Å². The number of esters is 1. The molecule has 3 rings (SSSR count). The second-order valence-corrected chi connectivity index (χ2v) is 9.70. The van der Waals surface area contributed by atoms with Crippen molar-refractivity contribution in [3.05, 3.63) is 11.6 Å². The minimum atomic E-state index is -0.167. The van der Waals surface area contributed by atoms with E-state index in [0.29, 0.717) is 5.92 Å². The topological polar surface area (TPSA) is 63.4 Å². The Bertz CT molecular complexity index is 571. The molecule has 3 fully saturated rings. The molecule has 5 heteroatoms. The van der Waals surface area contributed by atoms with E-state index in [1.807, 2.05) is 20.8 Å². The third-order valence-corrected chi connectivity index (χ3v) is 6.01. The summed E-state index contributed by atoms with van der Waals surface area (Å²) in [6, 6.07) is 0. The van der Waals surface area contributed by atoms with E-state index in [-0.39, 0.29) is 41.5 Å². The quantitative estimate of drug-likeness (QED) is 0.444. The Hall–Kier alpha value is -0.910. The zero-order valence-electron chi connectivity index (χ0n) is 17.2. The second kappa shape index (κ2) is 6.92. The third kappa shape index (κ3) is 4.49. The van der Waals surface area contributed by atoms with Crippen molar-refractivity contribution in [1.29, 1.82) is 0 Å². The van der Waals surface area contributed by atoms with E-state index in [1.165, 1.54) is 5.57 Å². The highest BCUT2D eigenvalue weighted by molar-refractivity contribution is 5.72. The van der Waals surface area contributed by atoms with Crippen LogP contribution in [0.3, 0.4) is 0 Å². The first-order chi connectivity index (χ1) is 12.0. The van der Waals surface area contributed by atoms with Crippen molar-refractivity contribution >= 4 is 5.97 Å². The van der Waals surface area contributed by atoms with Gasteiger partial charge in [0.1, 0.15) is 6.10 Å². The maximum atomic E-state index is 12.2. The summed E-state index contributed by atoms with van der Waals surface area (Å²) in [4.78, 5) is 12.2. The van der Waals surface area contributed by atoms with Crippen molar-refractivity contribution in [2.45, 2.75) is 96.2 Å². The second-order valence-electron chi connectivity index (χ2n) is 9.70. The van der Waals surface area contributed by atoms with Crippen LogP contribution in [-0.2, 0) is 19.0 Å². The summed E-state index contributed by atoms with van der Waals surface area (Å²) < 4.78 is 17.8. The van der Waals surface area contributed by atoms with Crippen molar-refractivity contribution in [2.75, 3.05) is 13.2 Å². The van der Waals surface area contributed by atoms with Gasteiger partial charge < -0.3 is 19.5 Å². The summed E-state index contributed by atoms with van der Waals surface area (Å²) in [5, 5.41) is 3.20. The number of ether oxygens (including phenoxy) is 3. The van der Waals surface area contributed by atoms with E-state index < -0.39 is 0 Å². The minimum absolute atomic E-state index is 0.0331. The zero-order chi connectivity index (χ0) is 19.2. The predicted molar refractivity (Wildman–Crippen MR) is 101 cm³/mol. The number of allylic oxidation sites excluding steroid dienone is 1. The smallest absolute Gasteiger partial charge is 0.320 e. The fourth-order valence-electron chi connectivity index (χ4n) is 4.25. The molecule has 2 heterocycles. The van der Waals surface area contributed by atoms with Crippen LogP contribution in [0.15, 0.2) is 11.6 Å². The standard InChI is InChI=1S/C21H35NO4/c1-14(2)7-8-17-20(6,26-17)16-11-15(9-10-21(16)13-24-21)25-18(23)12-22-19(3,4)5/h7,15-17,22H,8-13H2,1-6H3/t15-,16?,17-,20-,21+/m1/s1. The van der Waals surface area contributed by atoms with Gasteiger partial charge in [-0.3, -0.25) is 4.79 Å². The van der Waals surface area contributed by atoms with Gasteiger partial charge in [0.2, 0.25) is 0 Å². The van der Waals surface area contributed by atoms with Crippen molar-refractivity contribution in [3.8, 4) is 0 Å². The number of hydrogen-bond acceptors (Lipinski definition) is 5. The first-order valence-corrected chi connectivity index (χ1v) is 9.94. The zero-order valence-corrected chi connectivity index (χ0v) is 17.2. The van der Waals surface area contributed by atoms with Gasteiger partial charge in [0.15, 0.2) is 0 Å². The number of carbonyl (C=O) groups excluding carboxylic acids is 1. The van der Waals surface area contributed by atoms with Crippen molar-refractivity contribution in [3.63, 3.8) is 0 Å². The molecule has 0 bridgehead atoms. The Morgan fingerprint density at radius 1 is 1.35 bits per heavy atom. The lowest BCUT2D eigenvalue weighted by molar-refractivity contribution is -0.152. The molecular formula is C21H35NO4. The van der Waals surface area contributed by atoms with Crippen LogP contribution in [0.25, 0.3) is 0 Å². The molecule has 1 saturated carbocycles. The highest BCUT2D eigenvalue weighted by Gasteiger charge is 2.68. The fraction of sp³-hybridized carbons (Fsp3) is 0.857. The van der Waals surface area contributed by atoms with Gasteiger partial charge in [0.25, 0.3) is 0 Å². The molecule has 0 radical (unpaired) electrons. The monoisotopic (exact) mass is 365 g/mol.